The highest BCUT2D eigenvalue weighted by molar-refractivity contribution is 8.00. The molecule has 0 saturated carbocycles. The third-order valence-corrected chi connectivity index (χ3v) is 5.26. The molecule has 1 N–H and O–H groups in total. The van der Waals surface area contributed by atoms with Crippen LogP contribution in [0, 0.1) is 0 Å². The van der Waals surface area contributed by atoms with Crippen LogP contribution in [-0.4, -0.2) is 27.3 Å². The van der Waals surface area contributed by atoms with Crippen molar-refractivity contribution < 1.29 is 4.79 Å². The van der Waals surface area contributed by atoms with Gasteiger partial charge in [-0.15, -0.1) is 6.58 Å². The van der Waals surface area contributed by atoms with Crippen molar-refractivity contribution in [2.45, 2.75) is 23.9 Å². The molecule has 1 atom stereocenters. The summed E-state index contributed by atoms with van der Waals surface area (Å²) >= 11 is 7.57. The van der Waals surface area contributed by atoms with E-state index >= 15 is 0 Å². The number of fused-ring (bicyclic) bond motifs is 1. The van der Waals surface area contributed by atoms with Gasteiger partial charge in [-0.1, -0.05) is 59.8 Å². The number of thioether (sulfide) groups is 1. The first-order valence-electron chi connectivity index (χ1n) is 8.33. The fraction of sp³-hybridized carbons (Fsp3) is 0.200. The van der Waals surface area contributed by atoms with E-state index in [0.29, 0.717) is 18.1 Å². The van der Waals surface area contributed by atoms with Gasteiger partial charge < -0.3 is 9.88 Å². The van der Waals surface area contributed by atoms with Gasteiger partial charge in [-0.2, -0.15) is 0 Å². The van der Waals surface area contributed by atoms with Crippen LogP contribution in [0.3, 0.4) is 0 Å². The average Bonchev–Trinajstić information content (AvgIpc) is 2.96. The Hall–Kier alpha value is -2.24. The van der Waals surface area contributed by atoms with Gasteiger partial charge >= 0.3 is 0 Å². The maximum Gasteiger partial charge on any atom is 0.233 e. The minimum Gasteiger partial charge on any atom is -0.352 e. The van der Waals surface area contributed by atoms with Crippen molar-refractivity contribution in [1.82, 2.24) is 14.9 Å². The molecule has 0 saturated heterocycles. The van der Waals surface area contributed by atoms with Crippen molar-refractivity contribution in [2.24, 2.45) is 0 Å². The summed E-state index contributed by atoms with van der Waals surface area (Å²) in [5.74, 6) is -0.0359. The molecule has 26 heavy (non-hydrogen) atoms. The molecule has 134 valence electrons. The summed E-state index contributed by atoms with van der Waals surface area (Å²) in [5, 5.41) is 4.01. The highest BCUT2D eigenvalue weighted by Crippen LogP contribution is 2.29. The van der Waals surface area contributed by atoms with E-state index in [4.69, 9.17) is 16.6 Å². The molecular weight excluding hydrogens is 366 g/mol. The van der Waals surface area contributed by atoms with Gasteiger partial charge in [0, 0.05) is 11.6 Å². The molecule has 1 heterocycles. The number of nitrogens with one attached hydrogen (secondary N) is 1. The fourth-order valence-electron chi connectivity index (χ4n) is 2.62. The van der Waals surface area contributed by atoms with E-state index in [9.17, 15) is 4.79 Å². The van der Waals surface area contributed by atoms with E-state index in [0.717, 1.165) is 16.2 Å². The van der Waals surface area contributed by atoms with E-state index in [2.05, 4.69) is 28.6 Å². The average molecular weight is 386 g/mol. The second-order valence-electron chi connectivity index (χ2n) is 5.89. The van der Waals surface area contributed by atoms with Crippen molar-refractivity contribution in [1.29, 1.82) is 0 Å². The molecule has 6 heteroatoms. The highest BCUT2D eigenvalue weighted by Gasteiger charge is 2.19. The molecule has 0 fully saturated rings. The van der Waals surface area contributed by atoms with Gasteiger partial charge in [0.15, 0.2) is 5.16 Å². The van der Waals surface area contributed by atoms with E-state index in [1.165, 1.54) is 17.3 Å². The third-order valence-electron chi connectivity index (χ3n) is 3.93. The van der Waals surface area contributed by atoms with E-state index < -0.39 is 0 Å². The molecule has 1 aromatic heterocycles. The predicted octanol–water partition coefficient (Wildman–Crippen LogP) is 4.52. The van der Waals surface area contributed by atoms with Crippen LogP contribution in [0.1, 0.15) is 12.5 Å². The largest absolute Gasteiger partial charge is 0.352 e. The number of imidazole rings is 1. The van der Waals surface area contributed by atoms with Crippen LogP contribution >= 0.6 is 23.4 Å². The van der Waals surface area contributed by atoms with Crippen LogP contribution in [0.5, 0.6) is 0 Å². The summed E-state index contributed by atoms with van der Waals surface area (Å²) in [6.45, 7) is 6.64. The SMILES string of the molecule is C=CCNC(=O)C(C)Sc1nc2cc(Cl)ccc2n1Cc1ccccc1. The molecule has 2 aromatic carbocycles. The molecule has 3 aromatic rings. The van der Waals surface area contributed by atoms with Gasteiger partial charge in [-0.3, -0.25) is 4.79 Å². The molecule has 0 aliphatic carbocycles. The van der Waals surface area contributed by atoms with E-state index in [1.807, 2.05) is 43.3 Å². The van der Waals surface area contributed by atoms with Crippen LogP contribution in [0.25, 0.3) is 11.0 Å². The standard InChI is InChI=1S/C20H20ClN3OS/c1-3-11-22-19(25)14(2)26-20-23-17-12-16(21)9-10-18(17)24(20)13-15-7-5-4-6-8-15/h3-10,12,14H,1,11,13H2,2H3,(H,22,25). The Kier molecular flexibility index (Phi) is 6.01. The van der Waals surface area contributed by atoms with Crippen molar-refractivity contribution >= 4 is 40.3 Å². The number of halogens is 1. The van der Waals surface area contributed by atoms with E-state index in [-0.39, 0.29) is 11.2 Å². The normalized spacial score (nSPS) is 12.1. The number of amides is 1. The Balaban J connectivity index is 1.93. The first-order valence-corrected chi connectivity index (χ1v) is 9.59. The molecule has 0 bridgehead atoms. The number of rotatable bonds is 7. The third kappa shape index (κ3) is 4.29. The summed E-state index contributed by atoms with van der Waals surface area (Å²) in [6, 6.07) is 15.9. The molecular formula is C20H20ClN3OS. The molecule has 3 rings (SSSR count). The number of carbonyl (C=O) groups is 1. The summed E-state index contributed by atoms with van der Waals surface area (Å²) in [7, 11) is 0. The van der Waals surface area contributed by atoms with Gasteiger partial charge in [-0.05, 0) is 30.7 Å². The zero-order chi connectivity index (χ0) is 18.5. The summed E-state index contributed by atoms with van der Waals surface area (Å²) < 4.78 is 2.13. The Labute approximate surface area is 162 Å². The van der Waals surface area contributed by atoms with Gasteiger partial charge in [0.1, 0.15) is 0 Å². The molecule has 1 amide bonds. The lowest BCUT2D eigenvalue weighted by Gasteiger charge is -2.13. The first-order chi connectivity index (χ1) is 12.6. The Bertz CT molecular complexity index is 923. The van der Waals surface area contributed by atoms with Gasteiger partial charge in [0.05, 0.1) is 22.8 Å². The second kappa shape index (κ2) is 8.43. The first kappa shape index (κ1) is 18.5. The topological polar surface area (TPSA) is 46.9 Å². The second-order valence-corrected chi connectivity index (χ2v) is 7.64. The summed E-state index contributed by atoms with van der Waals surface area (Å²) in [4.78, 5) is 16.9. The van der Waals surface area contributed by atoms with Gasteiger partial charge in [-0.25, -0.2) is 4.98 Å². The zero-order valence-corrected chi connectivity index (χ0v) is 16.1. The Morgan fingerprint density at radius 3 is 2.85 bits per heavy atom. The lowest BCUT2D eigenvalue weighted by Crippen LogP contribution is -2.31. The van der Waals surface area contributed by atoms with Gasteiger partial charge in [0.2, 0.25) is 5.91 Å². The maximum absolute atomic E-state index is 12.2. The van der Waals surface area contributed by atoms with Crippen LogP contribution < -0.4 is 5.32 Å². The molecule has 4 nitrogen and oxygen atoms in total. The maximum atomic E-state index is 12.2. The minimum absolute atomic E-state index is 0.0359. The quantitative estimate of drug-likeness (QED) is 0.480. The summed E-state index contributed by atoms with van der Waals surface area (Å²) in [6.07, 6.45) is 1.67. The number of hydrogen-bond acceptors (Lipinski definition) is 3. The smallest absolute Gasteiger partial charge is 0.233 e. The van der Waals surface area contributed by atoms with E-state index in [1.54, 1.807) is 6.08 Å². The van der Waals surface area contributed by atoms with Gasteiger partial charge in [0.25, 0.3) is 0 Å². The van der Waals surface area contributed by atoms with Crippen molar-refractivity contribution in [2.75, 3.05) is 6.54 Å². The number of nitrogens with zero attached hydrogens (tertiary/aromatic N) is 2. The Morgan fingerprint density at radius 2 is 2.12 bits per heavy atom. The number of hydrogen-bond donors (Lipinski definition) is 1. The van der Waals surface area contributed by atoms with Crippen LogP contribution in [-0.2, 0) is 11.3 Å². The van der Waals surface area contributed by atoms with Crippen molar-refractivity contribution in [3.63, 3.8) is 0 Å². The molecule has 0 spiro atoms. The van der Waals surface area contributed by atoms with Crippen LogP contribution in [0.15, 0.2) is 66.3 Å². The number of carbonyl (C=O) groups excluding carboxylic acids is 1. The fourth-order valence-corrected chi connectivity index (χ4v) is 3.73. The zero-order valence-electron chi connectivity index (χ0n) is 14.5. The monoisotopic (exact) mass is 385 g/mol. The lowest BCUT2D eigenvalue weighted by atomic mass is 10.2. The summed E-state index contributed by atoms with van der Waals surface area (Å²) in [5.41, 5.74) is 3.00. The van der Waals surface area contributed by atoms with Crippen molar-refractivity contribution in [3.8, 4) is 0 Å². The highest BCUT2D eigenvalue weighted by atomic mass is 35.5. The molecule has 1 unspecified atom stereocenters. The predicted molar refractivity (Wildman–Crippen MR) is 109 cm³/mol. The number of benzene rings is 2. The molecule has 0 aliphatic heterocycles. The van der Waals surface area contributed by atoms with Crippen LogP contribution in [0.2, 0.25) is 5.02 Å². The lowest BCUT2D eigenvalue weighted by molar-refractivity contribution is -0.120. The molecule has 0 radical (unpaired) electrons. The number of aromatic nitrogens is 2. The van der Waals surface area contributed by atoms with Crippen LogP contribution in [0.4, 0.5) is 0 Å². The van der Waals surface area contributed by atoms with Crippen molar-refractivity contribution in [3.05, 3.63) is 71.8 Å². The minimum atomic E-state index is -0.267. The Morgan fingerprint density at radius 1 is 1.35 bits per heavy atom. The molecule has 0 aliphatic rings.